The van der Waals surface area contributed by atoms with Crippen molar-refractivity contribution in [1.29, 1.82) is 0 Å². The van der Waals surface area contributed by atoms with Gasteiger partial charge in [0.1, 0.15) is 17.3 Å². The number of anilines is 1. The molecule has 0 fully saturated rings. The maximum absolute atomic E-state index is 13.5. The number of aryl methyl sites for hydroxylation is 1. The van der Waals surface area contributed by atoms with Crippen molar-refractivity contribution >= 4 is 5.95 Å². The van der Waals surface area contributed by atoms with E-state index in [-0.39, 0.29) is 28.7 Å². The highest BCUT2D eigenvalue weighted by Crippen LogP contribution is 2.30. The number of halogens is 8. The van der Waals surface area contributed by atoms with Gasteiger partial charge in [-0.05, 0) is 48.4 Å². The minimum Gasteiger partial charge on any atom is -0.439 e. The Bertz CT molecular complexity index is 1210. The van der Waals surface area contributed by atoms with Crippen LogP contribution in [0.4, 0.5) is 41.1 Å². The van der Waals surface area contributed by atoms with E-state index in [9.17, 15) is 40.2 Å². The SMILES string of the molecule is Cc1cc(Oc2ccnc(N(Cc3cccc(OC(F)(F)C(F)F)c3)CC(O)C(F)(F)F)n2)ccc1F. The van der Waals surface area contributed by atoms with Crippen LogP contribution in [0.5, 0.6) is 17.4 Å². The Hall–Kier alpha value is -3.68. The highest BCUT2D eigenvalue weighted by Gasteiger charge is 2.44. The summed E-state index contributed by atoms with van der Waals surface area (Å²) < 4.78 is 114. The van der Waals surface area contributed by atoms with E-state index in [1.165, 1.54) is 37.3 Å². The molecule has 0 aliphatic rings. The van der Waals surface area contributed by atoms with E-state index >= 15 is 0 Å². The van der Waals surface area contributed by atoms with Crippen LogP contribution in [0.15, 0.2) is 54.7 Å². The van der Waals surface area contributed by atoms with Crippen molar-refractivity contribution in [3.63, 3.8) is 0 Å². The Kier molecular flexibility index (Phi) is 8.41. The van der Waals surface area contributed by atoms with Crippen LogP contribution in [0.2, 0.25) is 0 Å². The maximum atomic E-state index is 13.5. The molecule has 0 radical (unpaired) electrons. The second-order valence-corrected chi connectivity index (χ2v) is 7.76. The first kappa shape index (κ1) is 27.9. The molecule has 3 rings (SSSR count). The fourth-order valence-corrected chi connectivity index (χ4v) is 3.00. The molecule has 1 atom stereocenters. The predicted octanol–water partition coefficient (Wildman–Crippen LogP) is 5.88. The van der Waals surface area contributed by atoms with Crippen molar-refractivity contribution in [2.24, 2.45) is 0 Å². The number of hydrogen-bond donors (Lipinski definition) is 1. The smallest absolute Gasteiger partial charge is 0.439 e. The monoisotopic (exact) mass is 537 g/mol. The first-order valence-corrected chi connectivity index (χ1v) is 10.5. The zero-order valence-electron chi connectivity index (χ0n) is 18.9. The first-order chi connectivity index (χ1) is 17.2. The second-order valence-electron chi connectivity index (χ2n) is 7.76. The Balaban J connectivity index is 1.89. The summed E-state index contributed by atoms with van der Waals surface area (Å²) in [6, 6.07) is 9.45. The topological polar surface area (TPSA) is 67.7 Å². The van der Waals surface area contributed by atoms with Crippen LogP contribution >= 0.6 is 0 Å². The molecule has 1 heterocycles. The Labute approximate surface area is 205 Å². The molecule has 1 aromatic heterocycles. The van der Waals surface area contributed by atoms with Gasteiger partial charge >= 0.3 is 18.7 Å². The lowest BCUT2D eigenvalue weighted by Gasteiger charge is -2.27. The molecular formula is C23H19F8N3O3. The molecule has 0 aliphatic carbocycles. The van der Waals surface area contributed by atoms with Crippen LogP contribution in [0.1, 0.15) is 11.1 Å². The van der Waals surface area contributed by atoms with Crippen LogP contribution in [0.3, 0.4) is 0 Å². The number of aliphatic hydroxyl groups is 1. The molecule has 0 aliphatic heterocycles. The number of aromatic nitrogens is 2. The summed E-state index contributed by atoms with van der Waals surface area (Å²) in [5.41, 5.74) is 0.322. The zero-order valence-corrected chi connectivity index (χ0v) is 18.9. The van der Waals surface area contributed by atoms with Crippen molar-refractivity contribution in [3.8, 4) is 17.4 Å². The number of hydrogen-bond acceptors (Lipinski definition) is 6. The summed E-state index contributed by atoms with van der Waals surface area (Å²) >= 11 is 0. The molecule has 0 saturated heterocycles. The number of nitrogens with zero attached hydrogens (tertiary/aromatic N) is 3. The maximum Gasteiger partial charge on any atom is 0.461 e. The van der Waals surface area contributed by atoms with Crippen LogP contribution in [-0.2, 0) is 6.54 Å². The van der Waals surface area contributed by atoms with E-state index in [4.69, 9.17) is 4.74 Å². The highest BCUT2D eigenvalue weighted by molar-refractivity contribution is 5.38. The summed E-state index contributed by atoms with van der Waals surface area (Å²) in [5, 5.41) is 9.63. The first-order valence-electron chi connectivity index (χ1n) is 10.5. The molecular weight excluding hydrogens is 518 g/mol. The molecule has 1 unspecified atom stereocenters. The summed E-state index contributed by atoms with van der Waals surface area (Å²) in [6.07, 6.45) is -15.6. The number of alkyl halides is 7. The summed E-state index contributed by atoms with van der Waals surface area (Å²) in [4.78, 5) is 8.80. The van der Waals surface area contributed by atoms with Gasteiger partial charge in [-0.2, -0.15) is 35.7 Å². The van der Waals surface area contributed by atoms with Crippen molar-refractivity contribution in [1.82, 2.24) is 9.97 Å². The van der Waals surface area contributed by atoms with Gasteiger partial charge in [-0.25, -0.2) is 9.37 Å². The lowest BCUT2D eigenvalue weighted by Crippen LogP contribution is -2.41. The number of aliphatic hydroxyl groups excluding tert-OH is 1. The quantitative estimate of drug-likeness (QED) is 0.326. The van der Waals surface area contributed by atoms with Crippen molar-refractivity contribution in [3.05, 3.63) is 71.7 Å². The van der Waals surface area contributed by atoms with E-state index in [2.05, 4.69) is 14.7 Å². The van der Waals surface area contributed by atoms with Crippen molar-refractivity contribution < 1.29 is 49.7 Å². The number of rotatable bonds is 10. The molecule has 1 N–H and O–H groups in total. The average Bonchev–Trinajstić information content (AvgIpc) is 2.80. The third-order valence-electron chi connectivity index (χ3n) is 4.80. The summed E-state index contributed by atoms with van der Waals surface area (Å²) in [6.45, 7) is -0.0482. The molecule has 0 saturated carbocycles. The molecule has 2 aromatic carbocycles. The van der Waals surface area contributed by atoms with Crippen LogP contribution in [0, 0.1) is 12.7 Å². The van der Waals surface area contributed by atoms with E-state index in [0.717, 1.165) is 29.3 Å². The van der Waals surface area contributed by atoms with E-state index < -0.39 is 49.5 Å². The standard InChI is InChI=1S/C23H19F8N3O3/c1-13-9-15(5-6-17(13)24)36-19-7-8-32-21(33-19)34(12-18(35)22(27,28)29)11-14-3-2-4-16(10-14)37-23(30,31)20(25)26/h2-10,18,20,35H,11-12H2,1H3. The van der Waals surface area contributed by atoms with Gasteiger partial charge in [0.25, 0.3) is 0 Å². The fourth-order valence-electron chi connectivity index (χ4n) is 3.00. The summed E-state index contributed by atoms with van der Waals surface area (Å²) in [7, 11) is 0. The normalized spacial score (nSPS) is 12.9. The van der Waals surface area contributed by atoms with Crippen LogP contribution in [0.25, 0.3) is 0 Å². The van der Waals surface area contributed by atoms with Gasteiger partial charge in [0.15, 0.2) is 6.10 Å². The van der Waals surface area contributed by atoms with E-state index in [0.29, 0.717) is 0 Å². The Morgan fingerprint density at radius 1 is 1.00 bits per heavy atom. The molecule has 37 heavy (non-hydrogen) atoms. The van der Waals surface area contributed by atoms with Gasteiger partial charge in [0, 0.05) is 18.8 Å². The molecule has 14 heteroatoms. The van der Waals surface area contributed by atoms with E-state index in [1.807, 2.05) is 0 Å². The van der Waals surface area contributed by atoms with Crippen molar-refractivity contribution in [2.75, 3.05) is 11.4 Å². The minimum absolute atomic E-state index is 0.0565. The van der Waals surface area contributed by atoms with Gasteiger partial charge in [-0.15, -0.1) is 0 Å². The van der Waals surface area contributed by atoms with Gasteiger partial charge in [0.05, 0.1) is 6.54 Å². The fraction of sp³-hybridized carbons (Fsp3) is 0.304. The second kappa shape index (κ2) is 11.2. The van der Waals surface area contributed by atoms with Crippen LogP contribution in [-0.4, -0.2) is 46.4 Å². The van der Waals surface area contributed by atoms with Gasteiger partial charge in [0.2, 0.25) is 11.8 Å². The Morgan fingerprint density at radius 3 is 2.38 bits per heavy atom. The molecule has 200 valence electrons. The average molecular weight is 537 g/mol. The number of ether oxygens (including phenoxy) is 2. The predicted molar refractivity (Wildman–Crippen MR) is 114 cm³/mol. The Morgan fingerprint density at radius 2 is 1.73 bits per heavy atom. The van der Waals surface area contributed by atoms with Gasteiger partial charge in [-0.1, -0.05) is 12.1 Å². The zero-order chi connectivity index (χ0) is 27.4. The molecule has 0 amide bonds. The molecule has 3 aromatic rings. The lowest BCUT2D eigenvalue weighted by molar-refractivity contribution is -0.253. The van der Waals surface area contributed by atoms with Gasteiger partial charge < -0.3 is 19.5 Å². The van der Waals surface area contributed by atoms with Crippen molar-refractivity contribution in [2.45, 2.75) is 38.3 Å². The largest absolute Gasteiger partial charge is 0.461 e. The third-order valence-corrected chi connectivity index (χ3v) is 4.80. The highest BCUT2D eigenvalue weighted by atomic mass is 19.4. The number of benzene rings is 2. The third kappa shape index (κ3) is 7.65. The van der Waals surface area contributed by atoms with E-state index in [1.54, 1.807) is 0 Å². The lowest BCUT2D eigenvalue weighted by atomic mass is 10.2. The molecule has 6 nitrogen and oxygen atoms in total. The molecule has 0 spiro atoms. The van der Waals surface area contributed by atoms with Gasteiger partial charge in [-0.3, -0.25) is 0 Å². The summed E-state index contributed by atoms with van der Waals surface area (Å²) in [5.74, 6) is -1.44. The molecule has 0 bridgehead atoms. The van der Waals surface area contributed by atoms with Crippen LogP contribution < -0.4 is 14.4 Å². The minimum atomic E-state index is -5.01.